The lowest BCUT2D eigenvalue weighted by molar-refractivity contribution is 0.405. The topological polar surface area (TPSA) is 38.0 Å². The first kappa shape index (κ1) is 16.2. The van der Waals surface area contributed by atoms with Crippen molar-refractivity contribution in [2.24, 2.45) is 5.73 Å². The smallest absolute Gasteiger partial charge is 0.0205 e. The van der Waals surface area contributed by atoms with Crippen molar-refractivity contribution < 1.29 is 0 Å². The average molecular weight is 262 g/mol. The zero-order valence-electron chi connectivity index (χ0n) is 13.2. The molecule has 108 valence electrons. The van der Waals surface area contributed by atoms with Gasteiger partial charge in [-0.15, -0.1) is 0 Å². The fourth-order valence-electron chi connectivity index (χ4n) is 1.91. The van der Waals surface area contributed by atoms with Crippen LogP contribution in [-0.4, -0.2) is 12.1 Å². The zero-order chi connectivity index (χ0) is 14.5. The van der Waals surface area contributed by atoms with Crippen LogP contribution in [0.15, 0.2) is 24.3 Å². The number of rotatable bonds is 6. The third-order valence-corrected chi connectivity index (χ3v) is 3.83. The minimum atomic E-state index is -0.0386. The Balaban J connectivity index is 2.39. The molecule has 1 rings (SSSR count). The second-order valence-corrected chi connectivity index (χ2v) is 6.88. The third kappa shape index (κ3) is 5.75. The van der Waals surface area contributed by atoms with Crippen molar-refractivity contribution in [2.75, 3.05) is 6.54 Å². The number of benzene rings is 1. The van der Waals surface area contributed by atoms with E-state index in [1.54, 1.807) is 0 Å². The maximum Gasteiger partial charge on any atom is 0.0205 e. The lowest BCUT2D eigenvalue weighted by Gasteiger charge is -2.22. The number of nitrogens with two attached hydrogens (primary N) is 1. The van der Waals surface area contributed by atoms with Gasteiger partial charge in [0, 0.05) is 12.1 Å². The molecule has 0 bridgehead atoms. The molecule has 1 aromatic rings. The summed E-state index contributed by atoms with van der Waals surface area (Å²) in [6, 6.07) is 8.90. The fourth-order valence-corrected chi connectivity index (χ4v) is 1.91. The number of hydrogen-bond acceptors (Lipinski definition) is 2. The van der Waals surface area contributed by atoms with E-state index < -0.39 is 0 Å². The molecule has 0 aliphatic heterocycles. The second kappa shape index (κ2) is 6.53. The van der Waals surface area contributed by atoms with Crippen molar-refractivity contribution in [3.63, 3.8) is 0 Å². The molecule has 2 nitrogen and oxygen atoms in total. The zero-order valence-corrected chi connectivity index (χ0v) is 13.2. The first-order chi connectivity index (χ1) is 8.74. The molecule has 19 heavy (non-hydrogen) atoms. The van der Waals surface area contributed by atoms with Crippen LogP contribution < -0.4 is 11.1 Å². The van der Waals surface area contributed by atoms with Crippen molar-refractivity contribution in [2.45, 2.75) is 65.0 Å². The Morgan fingerprint density at radius 2 is 1.63 bits per heavy atom. The van der Waals surface area contributed by atoms with Gasteiger partial charge in [-0.2, -0.15) is 0 Å². The van der Waals surface area contributed by atoms with E-state index in [2.05, 4.69) is 64.2 Å². The van der Waals surface area contributed by atoms with Crippen LogP contribution in [0.2, 0.25) is 0 Å². The Kier molecular flexibility index (Phi) is 5.57. The SMILES string of the molecule is CCC(C)(N)CCNCc1ccc(C(C)(C)C)cc1. The van der Waals surface area contributed by atoms with E-state index in [0.29, 0.717) is 0 Å². The van der Waals surface area contributed by atoms with Crippen LogP contribution in [0.5, 0.6) is 0 Å². The molecule has 2 heteroatoms. The molecular weight excluding hydrogens is 232 g/mol. The number of nitrogens with one attached hydrogen (secondary N) is 1. The quantitative estimate of drug-likeness (QED) is 0.769. The van der Waals surface area contributed by atoms with E-state index in [1.807, 2.05) is 0 Å². The van der Waals surface area contributed by atoms with E-state index in [1.165, 1.54) is 11.1 Å². The highest BCUT2D eigenvalue weighted by Gasteiger charge is 2.14. The van der Waals surface area contributed by atoms with E-state index in [9.17, 15) is 0 Å². The molecule has 0 aliphatic carbocycles. The summed E-state index contributed by atoms with van der Waals surface area (Å²) in [6.45, 7) is 12.9. The molecule has 0 fully saturated rings. The molecule has 1 aromatic carbocycles. The molecule has 0 spiro atoms. The first-order valence-corrected chi connectivity index (χ1v) is 7.33. The van der Waals surface area contributed by atoms with Crippen molar-refractivity contribution in [1.82, 2.24) is 5.32 Å². The second-order valence-electron chi connectivity index (χ2n) is 6.88. The predicted octanol–water partition coefficient (Wildman–Crippen LogP) is 3.59. The molecule has 0 saturated carbocycles. The predicted molar refractivity (Wildman–Crippen MR) is 84.3 cm³/mol. The van der Waals surface area contributed by atoms with Crippen molar-refractivity contribution in [3.05, 3.63) is 35.4 Å². The molecule has 0 radical (unpaired) electrons. The summed E-state index contributed by atoms with van der Waals surface area (Å²) in [4.78, 5) is 0. The van der Waals surface area contributed by atoms with Crippen LogP contribution in [0.1, 0.15) is 58.6 Å². The Labute approximate surface area is 118 Å². The highest BCUT2D eigenvalue weighted by atomic mass is 14.9. The van der Waals surface area contributed by atoms with E-state index in [-0.39, 0.29) is 11.0 Å². The molecule has 0 saturated heterocycles. The average Bonchev–Trinajstić information content (AvgIpc) is 2.34. The molecule has 1 unspecified atom stereocenters. The summed E-state index contributed by atoms with van der Waals surface area (Å²) in [5, 5.41) is 3.47. The Morgan fingerprint density at radius 1 is 1.05 bits per heavy atom. The van der Waals surface area contributed by atoms with E-state index in [4.69, 9.17) is 5.73 Å². The van der Waals surface area contributed by atoms with E-state index in [0.717, 1.165) is 25.9 Å². The van der Waals surface area contributed by atoms with Crippen molar-refractivity contribution in [1.29, 1.82) is 0 Å². The molecule has 0 aliphatic rings. The van der Waals surface area contributed by atoms with Crippen LogP contribution in [0.4, 0.5) is 0 Å². The van der Waals surface area contributed by atoms with Crippen LogP contribution in [0, 0.1) is 0 Å². The van der Waals surface area contributed by atoms with E-state index >= 15 is 0 Å². The van der Waals surface area contributed by atoms with Crippen LogP contribution in [0.25, 0.3) is 0 Å². The fraction of sp³-hybridized carbons (Fsp3) is 0.647. The minimum absolute atomic E-state index is 0.0386. The maximum atomic E-state index is 6.12. The molecular formula is C17H30N2. The Morgan fingerprint density at radius 3 is 2.11 bits per heavy atom. The first-order valence-electron chi connectivity index (χ1n) is 7.33. The summed E-state index contributed by atoms with van der Waals surface area (Å²) in [7, 11) is 0. The van der Waals surface area contributed by atoms with Crippen LogP contribution in [-0.2, 0) is 12.0 Å². The highest BCUT2D eigenvalue weighted by molar-refractivity contribution is 5.27. The summed E-state index contributed by atoms with van der Waals surface area (Å²) in [5.41, 5.74) is 9.04. The molecule has 0 aromatic heterocycles. The van der Waals surface area contributed by atoms with Crippen molar-refractivity contribution >= 4 is 0 Å². The van der Waals surface area contributed by atoms with Gasteiger partial charge in [0.25, 0.3) is 0 Å². The maximum absolute atomic E-state index is 6.12. The summed E-state index contributed by atoms with van der Waals surface area (Å²) in [5.74, 6) is 0. The summed E-state index contributed by atoms with van der Waals surface area (Å²) in [6.07, 6.45) is 2.04. The largest absolute Gasteiger partial charge is 0.325 e. The van der Waals surface area contributed by atoms with Crippen LogP contribution in [0.3, 0.4) is 0 Å². The van der Waals surface area contributed by atoms with Gasteiger partial charge in [-0.25, -0.2) is 0 Å². The summed E-state index contributed by atoms with van der Waals surface area (Å²) >= 11 is 0. The van der Waals surface area contributed by atoms with Crippen LogP contribution >= 0.6 is 0 Å². The summed E-state index contributed by atoms with van der Waals surface area (Å²) < 4.78 is 0. The van der Waals surface area contributed by atoms with Crippen molar-refractivity contribution in [3.8, 4) is 0 Å². The van der Waals surface area contributed by atoms with Gasteiger partial charge >= 0.3 is 0 Å². The molecule has 3 N–H and O–H groups in total. The van der Waals surface area contributed by atoms with Gasteiger partial charge in [0.1, 0.15) is 0 Å². The van der Waals surface area contributed by atoms with Gasteiger partial charge < -0.3 is 11.1 Å². The van der Waals surface area contributed by atoms with Gasteiger partial charge in [0.2, 0.25) is 0 Å². The highest BCUT2D eigenvalue weighted by Crippen LogP contribution is 2.22. The lowest BCUT2D eigenvalue weighted by Crippen LogP contribution is -2.38. The Bertz CT molecular complexity index is 371. The monoisotopic (exact) mass is 262 g/mol. The minimum Gasteiger partial charge on any atom is -0.325 e. The third-order valence-electron chi connectivity index (χ3n) is 3.83. The van der Waals surface area contributed by atoms with Gasteiger partial charge in [0.05, 0.1) is 0 Å². The number of hydrogen-bond donors (Lipinski definition) is 2. The van der Waals surface area contributed by atoms with Gasteiger partial charge in [-0.05, 0) is 42.9 Å². The normalized spacial score (nSPS) is 15.3. The molecule has 1 atom stereocenters. The van der Waals surface area contributed by atoms with Gasteiger partial charge in [0.15, 0.2) is 0 Å². The molecule has 0 amide bonds. The Hall–Kier alpha value is -0.860. The van der Waals surface area contributed by atoms with Gasteiger partial charge in [-0.3, -0.25) is 0 Å². The lowest BCUT2D eigenvalue weighted by atomic mass is 9.87. The van der Waals surface area contributed by atoms with Gasteiger partial charge in [-0.1, -0.05) is 52.0 Å². The molecule has 0 heterocycles. The standard InChI is InChI=1S/C17H30N2/c1-6-17(5,18)11-12-19-13-14-7-9-15(10-8-14)16(2,3)4/h7-10,19H,6,11-13,18H2,1-5H3.